The Labute approximate surface area is 143 Å². The second-order valence-corrected chi connectivity index (χ2v) is 6.58. The highest BCUT2D eigenvalue weighted by atomic mass is 32.1. The summed E-state index contributed by atoms with van der Waals surface area (Å²) in [7, 11) is 0. The third-order valence-electron chi connectivity index (χ3n) is 3.91. The van der Waals surface area contributed by atoms with Gasteiger partial charge in [0.15, 0.2) is 5.96 Å². The molecule has 1 aliphatic heterocycles. The third kappa shape index (κ3) is 6.60. The van der Waals surface area contributed by atoms with Crippen LogP contribution in [0.3, 0.4) is 0 Å². The molecule has 5 nitrogen and oxygen atoms in total. The van der Waals surface area contributed by atoms with Gasteiger partial charge in [0, 0.05) is 32.6 Å². The quantitative estimate of drug-likeness (QED) is 0.457. The number of guanidine groups is 1. The second kappa shape index (κ2) is 10.3. The summed E-state index contributed by atoms with van der Waals surface area (Å²) in [6.07, 6.45) is 5.05. The van der Waals surface area contributed by atoms with E-state index >= 15 is 0 Å². The van der Waals surface area contributed by atoms with Gasteiger partial charge in [0.2, 0.25) is 5.91 Å². The highest BCUT2D eigenvalue weighted by Crippen LogP contribution is 2.11. The number of amides is 1. The maximum Gasteiger partial charge on any atom is 0.222 e. The first-order chi connectivity index (χ1) is 11.3. The van der Waals surface area contributed by atoms with Gasteiger partial charge in [0.1, 0.15) is 0 Å². The summed E-state index contributed by atoms with van der Waals surface area (Å²) in [5.41, 5.74) is 1.24. The van der Waals surface area contributed by atoms with Crippen LogP contribution in [0.25, 0.3) is 0 Å². The van der Waals surface area contributed by atoms with E-state index in [4.69, 9.17) is 0 Å². The molecule has 0 saturated carbocycles. The number of carbonyl (C=O) groups excluding carboxylic acids is 1. The fourth-order valence-electron chi connectivity index (χ4n) is 2.65. The molecule has 6 heteroatoms. The number of likely N-dealkylation sites (tertiary alicyclic amines) is 1. The largest absolute Gasteiger partial charge is 0.357 e. The number of rotatable bonds is 7. The first-order valence-electron chi connectivity index (χ1n) is 8.60. The fourth-order valence-corrected chi connectivity index (χ4v) is 3.31. The van der Waals surface area contributed by atoms with Gasteiger partial charge in [-0.15, -0.1) is 0 Å². The minimum atomic E-state index is 0.320. The van der Waals surface area contributed by atoms with E-state index in [2.05, 4.69) is 39.4 Å². The van der Waals surface area contributed by atoms with Crippen molar-refractivity contribution in [3.63, 3.8) is 0 Å². The minimum absolute atomic E-state index is 0.320. The minimum Gasteiger partial charge on any atom is -0.357 e. The number of aliphatic imine (C=N–C) groups is 1. The van der Waals surface area contributed by atoms with Crippen molar-refractivity contribution >= 4 is 23.2 Å². The predicted octanol–water partition coefficient (Wildman–Crippen LogP) is 2.60. The lowest BCUT2D eigenvalue weighted by Gasteiger charge is -2.20. The Kier molecular flexibility index (Phi) is 7.93. The number of nitrogens with zero attached hydrogens (tertiary/aromatic N) is 2. The lowest BCUT2D eigenvalue weighted by Crippen LogP contribution is -2.39. The van der Waals surface area contributed by atoms with Crippen LogP contribution in [0, 0.1) is 0 Å². The average Bonchev–Trinajstić information content (AvgIpc) is 2.99. The molecule has 0 radical (unpaired) electrons. The zero-order valence-corrected chi connectivity index (χ0v) is 14.8. The van der Waals surface area contributed by atoms with Crippen LogP contribution in [-0.2, 0) is 11.3 Å². The zero-order chi connectivity index (χ0) is 16.3. The molecule has 2 rings (SSSR count). The number of thiophene rings is 1. The number of carbonyl (C=O) groups is 1. The summed E-state index contributed by atoms with van der Waals surface area (Å²) in [6.45, 7) is 6.21. The molecule has 1 amide bonds. The molecule has 0 atom stereocenters. The van der Waals surface area contributed by atoms with Crippen LogP contribution in [0.15, 0.2) is 21.8 Å². The molecule has 1 saturated heterocycles. The van der Waals surface area contributed by atoms with Crippen molar-refractivity contribution in [1.29, 1.82) is 0 Å². The Morgan fingerprint density at radius 2 is 2.26 bits per heavy atom. The third-order valence-corrected chi connectivity index (χ3v) is 4.64. The second-order valence-electron chi connectivity index (χ2n) is 5.80. The lowest BCUT2D eigenvalue weighted by molar-refractivity contribution is -0.130. The number of hydrogen-bond donors (Lipinski definition) is 2. The summed E-state index contributed by atoms with van der Waals surface area (Å²) >= 11 is 1.70. The van der Waals surface area contributed by atoms with Crippen molar-refractivity contribution in [3.8, 4) is 0 Å². The maximum absolute atomic E-state index is 11.9. The first-order valence-corrected chi connectivity index (χ1v) is 9.55. The summed E-state index contributed by atoms with van der Waals surface area (Å²) in [5.74, 6) is 1.17. The molecule has 2 heterocycles. The van der Waals surface area contributed by atoms with E-state index in [1.165, 1.54) is 12.0 Å². The average molecular weight is 337 g/mol. The summed E-state index contributed by atoms with van der Waals surface area (Å²) in [5, 5.41) is 10.8. The molecule has 0 spiro atoms. The topological polar surface area (TPSA) is 56.7 Å². The smallest absolute Gasteiger partial charge is 0.222 e. The van der Waals surface area contributed by atoms with E-state index in [1.54, 1.807) is 11.3 Å². The van der Waals surface area contributed by atoms with E-state index in [1.807, 2.05) is 4.90 Å². The zero-order valence-electron chi connectivity index (χ0n) is 14.0. The van der Waals surface area contributed by atoms with Crippen molar-refractivity contribution in [2.24, 2.45) is 4.99 Å². The maximum atomic E-state index is 11.9. The molecule has 0 aromatic carbocycles. The van der Waals surface area contributed by atoms with Gasteiger partial charge in [0.25, 0.3) is 0 Å². The highest BCUT2D eigenvalue weighted by molar-refractivity contribution is 7.07. The van der Waals surface area contributed by atoms with Crippen LogP contribution in [0.1, 0.15) is 44.6 Å². The van der Waals surface area contributed by atoms with Gasteiger partial charge in [-0.2, -0.15) is 11.3 Å². The molecule has 1 aromatic rings. The number of hydrogen-bond acceptors (Lipinski definition) is 3. The van der Waals surface area contributed by atoms with Crippen molar-refractivity contribution in [1.82, 2.24) is 15.5 Å². The van der Waals surface area contributed by atoms with Gasteiger partial charge in [-0.1, -0.05) is 6.42 Å². The summed E-state index contributed by atoms with van der Waals surface area (Å²) < 4.78 is 0. The van der Waals surface area contributed by atoms with Crippen molar-refractivity contribution < 1.29 is 4.79 Å². The van der Waals surface area contributed by atoms with Crippen molar-refractivity contribution in [3.05, 3.63) is 22.4 Å². The molecule has 0 unspecified atom stereocenters. The Bertz CT molecular complexity index is 487. The SMILES string of the molecule is CCNC(=NCc1ccsc1)NCCCN1CCCCCC1=O. The fraction of sp³-hybridized carbons (Fsp3) is 0.647. The van der Waals surface area contributed by atoms with E-state index in [0.29, 0.717) is 12.5 Å². The van der Waals surface area contributed by atoms with Crippen molar-refractivity contribution in [2.75, 3.05) is 26.2 Å². The molecule has 1 aromatic heterocycles. The van der Waals surface area contributed by atoms with Crippen LogP contribution in [0.4, 0.5) is 0 Å². The number of nitrogens with one attached hydrogen (secondary N) is 2. The van der Waals surface area contributed by atoms with Crippen LogP contribution >= 0.6 is 11.3 Å². The predicted molar refractivity (Wildman–Crippen MR) is 96.8 cm³/mol. The van der Waals surface area contributed by atoms with Crippen LogP contribution in [0.2, 0.25) is 0 Å². The van der Waals surface area contributed by atoms with Gasteiger partial charge in [0.05, 0.1) is 6.54 Å². The molecule has 1 fully saturated rings. The Morgan fingerprint density at radius 1 is 1.35 bits per heavy atom. The highest BCUT2D eigenvalue weighted by Gasteiger charge is 2.15. The Balaban J connectivity index is 1.71. The normalized spacial score (nSPS) is 16.3. The molecule has 0 aliphatic carbocycles. The summed E-state index contributed by atoms with van der Waals surface area (Å²) in [4.78, 5) is 18.6. The Hall–Kier alpha value is -1.56. The van der Waals surface area contributed by atoms with Crippen LogP contribution in [-0.4, -0.2) is 42.9 Å². The van der Waals surface area contributed by atoms with Gasteiger partial charge < -0.3 is 15.5 Å². The van der Waals surface area contributed by atoms with E-state index in [-0.39, 0.29) is 0 Å². The molecule has 0 bridgehead atoms. The molecule has 1 aliphatic rings. The van der Waals surface area contributed by atoms with E-state index in [0.717, 1.165) is 57.8 Å². The first kappa shape index (κ1) is 17.8. The monoisotopic (exact) mass is 336 g/mol. The standard InChI is InChI=1S/C17H28N4OS/c1-2-18-17(20-13-15-8-12-23-14-15)19-9-6-11-21-10-5-3-4-7-16(21)22/h8,12,14H,2-7,9-11,13H2,1H3,(H2,18,19,20). The van der Waals surface area contributed by atoms with Gasteiger partial charge in [-0.25, -0.2) is 4.99 Å². The van der Waals surface area contributed by atoms with E-state index in [9.17, 15) is 4.79 Å². The van der Waals surface area contributed by atoms with Gasteiger partial charge in [-0.05, 0) is 48.6 Å². The van der Waals surface area contributed by atoms with E-state index < -0.39 is 0 Å². The lowest BCUT2D eigenvalue weighted by atomic mass is 10.2. The molecular weight excluding hydrogens is 308 g/mol. The molecule has 2 N–H and O–H groups in total. The molecule has 128 valence electrons. The molecular formula is C17H28N4OS. The molecule has 23 heavy (non-hydrogen) atoms. The van der Waals surface area contributed by atoms with Gasteiger partial charge in [-0.3, -0.25) is 4.79 Å². The Morgan fingerprint density at radius 3 is 3.04 bits per heavy atom. The van der Waals surface area contributed by atoms with Crippen LogP contribution < -0.4 is 10.6 Å². The summed E-state index contributed by atoms with van der Waals surface area (Å²) in [6, 6.07) is 2.10. The van der Waals surface area contributed by atoms with Gasteiger partial charge >= 0.3 is 0 Å². The van der Waals surface area contributed by atoms with Crippen molar-refractivity contribution in [2.45, 2.75) is 45.6 Å². The van der Waals surface area contributed by atoms with Crippen LogP contribution in [0.5, 0.6) is 0 Å².